The predicted molar refractivity (Wildman–Crippen MR) is 60.9 cm³/mol. The summed E-state index contributed by atoms with van der Waals surface area (Å²) in [7, 11) is 1.72. The van der Waals surface area contributed by atoms with Gasteiger partial charge >= 0.3 is 0 Å². The highest BCUT2D eigenvalue weighted by Crippen LogP contribution is 2.14. The first kappa shape index (κ1) is 12.0. The average Bonchev–Trinajstić information content (AvgIpc) is 2.25. The van der Waals surface area contributed by atoms with Crippen molar-refractivity contribution >= 4 is 0 Å². The van der Waals surface area contributed by atoms with Crippen molar-refractivity contribution in [3.05, 3.63) is 29.8 Å². The minimum Gasteiger partial charge on any atom is -0.508 e. The summed E-state index contributed by atoms with van der Waals surface area (Å²) in [5, 5.41) is 12.8. The Morgan fingerprint density at radius 1 is 1.27 bits per heavy atom. The summed E-state index contributed by atoms with van der Waals surface area (Å²) in [6.07, 6.45) is 2.17. The first-order valence-electron chi connectivity index (χ1n) is 5.31. The monoisotopic (exact) mass is 209 g/mol. The van der Waals surface area contributed by atoms with Gasteiger partial charge in [0.2, 0.25) is 0 Å². The molecule has 1 aromatic carbocycles. The second-order valence-corrected chi connectivity index (χ2v) is 3.51. The van der Waals surface area contributed by atoms with Crippen LogP contribution in [0, 0.1) is 0 Å². The van der Waals surface area contributed by atoms with Crippen LogP contribution in [0.4, 0.5) is 0 Å². The van der Waals surface area contributed by atoms with E-state index in [1.165, 1.54) is 0 Å². The van der Waals surface area contributed by atoms with E-state index in [0.29, 0.717) is 5.75 Å². The van der Waals surface area contributed by atoms with Crippen LogP contribution in [0.25, 0.3) is 0 Å². The molecule has 0 aliphatic carbocycles. The van der Waals surface area contributed by atoms with Crippen LogP contribution >= 0.6 is 0 Å². The van der Waals surface area contributed by atoms with E-state index >= 15 is 0 Å². The molecular formula is C12H19NO2. The van der Waals surface area contributed by atoms with Gasteiger partial charge in [-0.1, -0.05) is 18.2 Å². The van der Waals surface area contributed by atoms with Crippen molar-refractivity contribution in [1.29, 1.82) is 0 Å². The molecule has 0 heterocycles. The molecule has 1 rings (SSSR count). The second kappa shape index (κ2) is 7.26. The van der Waals surface area contributed by atoms with Gasteiger partial charge < -0.3 is 15.2 Å². The SMILES string of the molecule is COCCCCNCc1ccccc1O. The molecule has 0 saturated heterocycles. The van der Waals surface area contributed by atoms with Gasteiger partial charge in [0.15, 0.2) is 0 Å². The lowest BCUT2D eigenvalue weighted by molar-refractivity contribution is 0.192. The van der Waals surface area contributed by atoms with E-state index in [4.69, 9.17) is 4.74 Å². The first-order valence-corrected chi connectivity index (χ1v) is 5.31. The number of hydrogen-bond acceptors (Lipinski definition) is 3. The molecular weight excluding hydrogens is 190 g/mol. The lowest BCUT2D eigenvalue weighted by atomic mass is 10.2. The molecule has 15 heavy (non-hydrogen) atoms. The minimum absolute atomic E-state index is 0.363. The fourth-order valence-corrected chi connectivity index (χ4v) is 1.38. The predicted octanol–water partition coefficient (Wildman–Crippen LogP) is 1.91. The zero-order valence-corrected chi connectivity index (χ0v) is 9.20. The Kier molecular flexibility index (Phi) is 5.81. The Morgan fingerprint density at radius 3 is 2.80 bits per heavy atom. The number of aromatic hydroxyl groups is 1. The smallest absolute Gasteiger partial charge is 0.120 e. The van der Waals surface area contributed by atoms with Crippen molar-refractivity contribution in [3.63, 3.8) is 0 Å². The number of methoxy groups -OCH3 is 1. The summed E-state index contributed by atoms with van der Waals surface area (Å²) in [4.78, 5) is 0. The third kappa shape index (κ3) is 4.81. The fourth-order valence-electron chi connectivity index (χ4n) is 1.38. The minimum atomic E-state index is 0.363. The van der Waals surface area contributed by atoms with Gasteiger partial charge in [0.25, 0.3) is 0 Å². The molecule has 0 radical (unpaired) electrons. The highest BCUT2D eigenvalue weighted by Gasteiger charge is 1.97. The molecule has 0 amide bonds. The number of hydrogen-bond donors (Lipinski definition) is 2. The quantitative estimate of drug-likeness (QED) is 0.674. The van der Waals surface area contributed by atoms with Crippen molar-refractivity contribution in [3.8, 4) is 5.75 Å². The van der Waals surface area contributed by atoms with Crippen LogP contribution in [-0.2, 0) is 11.3 Å². The number of ether oxygens (including phenoxy) is 1. The van der Waals surface area contributed by atoms with Gasteiger partial charge in [0, 0.05) is 25.8 Å². The number of benzene rings is 1. The van der Waals surface area contributed by atoms with Crippen molar-refractivity contribution < 1.29 is 9.84 Å². The third-order valence-corrected chi connectivity index (χ3v) is 2.26. The number of rotatable bonds is 7. The molecule has 0 unspecified atom stereocenters. The molecule has 84 valence electrons. The van der Waals surface area contributed by atoms with Crippen molar-refractivity contribution in [2.75, 3.05) is 20.3 Å². The van der Waals surface area contributed by atoms with E-state index in [-0.39, 0.29) is 0 Å². The standard InChI is InChI=1S/C12H19NO2/c1-15-9-5-4-8-13-10-11-6-2-3-7-12(11)14/h2-3,6-7,13-14H,4-5,8-10H2,1H3. The zero-order valence-electron chi connectivity index (χ0n) is 9.20. The van der Waals surface area contributed by atoms with E-state index in [2.05, 4.69) is 5.32 Å². The Hall–Kier alpha value is -1.06. The maximum absolute atomic E-state index is 9.49. The topological polar surface area (TPSA) is 41.5 Å². The van der Waals surface area contributed by atoms with Crippen LogP contribution in [0.3, 0.4) is 0 Å². The van der Waals surface area contributed by atoms with Crippen LogP contribution in [-0.4, -0.2) is 25.4 Å². The van der Waals surface area contributed by atoms with Crippen LogP contribution in [0.5, 0.6) is 5.75 Å². The Balaban J connectivity index is 2.12. The molecule has 0 bridgehead atoms. The summed E-state index contributed by atoms with van der Waals surface area (Å²) in [6.45, 7) is 2.50. The van der Waals surface area contributed by atoms with Gasteiger partial charge in [-0.25, -0.2) is 0 Å². The number of unbranched alkanes of at least 4 members (excludes halogenated alkanes) is 1. The summed E-state index contributed by atoms with van der Waals surface area (Å²) >= 11 is 0. The average molecular weight is 209 g/mol. The van der Waals surface area contributed by atoms with Crippen molar-refractivity contribution in [1.82, 2.24) is 5.32 Å². The van der Waals surface area contributed by atoms with Gasteiger partial charge in [0.1, 0.15) is 5.75 Å². The number of nitrogens with one attached hydrogen (secondary N) is 1. The maximum Gasteiger partial charge on any atom is 0.120 e. The largest absolute Gasteiger partial charge is 0.508 e. The summed E-state index contributed by atoms with van der Waals surface area (Å²) in [5.74, 6) is 0.363. The Morgan fingerprint density at radius 2 is 2.07 bits per heavy atom. The number of phenols is 1. The van der Waals surface area contributed by atoms with Crippen LogP contribution < -0.4 is 5.32 Å². The summed E-state index contributed by atoms with van der Waals surface area (Å²) in [5.41, 5.74) is 0.948. The maximum atomic E-state index is 9.49. The molecule has 0 saturated carbocycles. The van der Waals surface area contributed by atoms with Gasteiger partial charge in [-0.2, -0.15) is 0 Å². The Labute approximate surface area is 91.1 Å². The van der Waals surface area contributed by atoms with E-state index in [0.717, 1.165) is 38.1 Å². The fraction of sp³-hybridized carbons (Fsp3) is 0.500. The van der Waals surface area contributed by atoms with E-state index < -0.39 is 0 Å². The van der Waals surface area contributed by atoms with Gasteiger partial charge in [0.05, 0.1) is 0 Å². The van der Waals surface area contributed by atoms with Crippen LogP contribution in [0.1, 0.15) is 18.4 Å². The summed E-state index contributed by atoms with van der Waals surface area (Å²) in [6, 6.07) is 7.40. The molecule has 0 aliphatic heterocycles. The number of phenolic OH excluding ortho intramolecular Hbond substituents is 1. The van der Waals surface area contributed by atoms with Gasteiger partial charge in [-0.15, -0.1) is 0 Å². The van der Waals surface area contributed by atoms with Crippen LogP contribution in [0.2, 0.25) is 0 Å². The normalized spacial score (nSPS) is 10.5. The van der Waals surface area contributed by atoms with Gasteiger partial charge in [-0.05, 0) is 25.5 Å². The lowest BCUT2D eigenvalue weighted by Gasteiger charge is -2.06. The summed E-state index contributed by atoms with van der Waals surface area (Å²) < 4.78 is 4.96. The third-order valence-electron chi connectivity index (χ3n) is 2.26. The van der Waals surface area contributed by atoms with Gasteiger partial charge in [-0.3, -0.25) is 0 Å². The van der Waals surface area contributed by atoms with Crippen molar-refractivity contribution in [2.24, 2.45) is 0 Å². The zero-order chi connectivity index (χ0) is 10.9. The molecule has 1 aromatic rings. The van der Waals surface area contributed by atoms with Crippen molar-refractivity contribution in [2.45, 2.75) is 19.4 Å². The second-order valence-electron chi connectivity index (χ2n) is 3.51. The number of para-hydroxylation sites is 1. The first-order chi connectivity index (χ1) is 7.34. The molecule has 3 heteroatoms. The van der Waals surface area contributed by atoms with Crippen LogP contribution in [0.15, 0.2) is 24.3 Å². The molecule has 0 spiro atoms. The molecule has 0 aromatic heterocycles. The molecule has 0 fully saturated rings. The molecule has 0 aliphatic rings. The Bertz CT molecular complexity index is 276. The molecule has 3 nitrogen and oxygen atoms in total. The lowest BCUT2D eigenvalue weighted by Crippen LogP contribution is -2.15. The molecule has 2 N–H and O–H groups in total. The van der Waals surface area contributed by atoms with E-state index in [1.807, 2.05) is 18.2 Å². The highest BCUT2D eigenvalue weighted by atomic mass is 16.5. The highest BCUT2D eigenvalue weighted by molar-refractivity contribution is 5.31. The van der Waals surface area contributed by atoms with E-state index in [1.54, 1.807) is 13.2 Å². The molecule has 0 atom stereocenters. The van der Waals surface area contributed by atoms with E-state index in [9.17, 15) is 5.11 Å².